The maximum Gasteiger partial charge on any atom is 0.249 e. The van der Waals surface area contributed by atoms with Gasteiger partial charge >= 0.3 is 0 Å². The van der Waals surface area contributed by atoms with E-state index in [-0.39, 0.29) is 29.8 Å². The molecule has 0 spiro atoms. The minimum Gasteiger partial charge on any atom is -0.332 e. The number of hydrogen-bond donors (Lipinski definition) is 1. The van der Waals surface area contributed by atoms with E-state index in [2.05, 4.69) is 4.85 Å². The maximum atomic E-state index is 13.4. The summed E-state index contributed by atoms with van der Waals surface area (Å²) >= 11 is 0. The third kappa shape index (κ3) is 3.40. The number of likely N-dealkylation sites (tertiary alicyclic amines) is 1. The molecule has 0 aliphatic carbocycles. The number of benzene rings is 1. The van der Waals surface area contributed by atoms with Crippen LogP contribution in [-0.2, 0) is 9.59 Å². The molecule has 3 heterocycles. The van der Waals surface area contributed by atoms with Crippen LogP contribution in [0.25, 0.3) is 4.85 Å². The second-order valence-corrected chi connectivity index (χ2v) is 8.34. The Labute approximate surface area is 166 Å². The highest BCUT2D eigenvalue weighted by Crippen LogP contribution is 2.35. The molecular formula is C22H28N4O2. The van der Waals surface area contributed by atoms with Gasteiger partial charge in [0.2, 0.25) is 17.9 Å². The van der Waals surface area contributed by atoms with Gasteiger partial charge in [0.15, 0.2) is 0 Å². The smallest absolute Gasteiger partial charge is 0.249 e. The lowest BCUT2D eigenvalue weighted by Gasteiger charge is -2.35. The summed E-state index contributed by atoms with van der Waals surface area (Å²) in [5.41, 5.74) is 7.21. The first-order chi connectivity index (χ1) is 13.6. The van der Waals surface area contributed by atoms with Crippen molar-refractivity contribution in [2.45, 2.75) is 68.6 Å². The summed E-state index contributed by atoms with van der Waals surface area (Å²) < 4.78 is 0. The van der Waals surface area contributed by atoms with Crippen LogP contribution in [0, 0.1) is 6.57 Å². The molecule has 0 saturated carbocycles. The van der Waals surface area contributed by atoms with Crippen molar-refractivity contribution in [1.29, 1.82) is 0 Å². The van der Waals surface area contributed by atoms with Crippen LogP contribution in [0.1, 0.15) is 50.0 Å². The summed E-state index contributed by atoms with van der Waals surface area (Å²) in [5.74, 6) is -0.0399. The van der Waals surface area contributed by atoms with Gasteiger partial charge in [-0.3, -0.25) is 9.59 Å². The number of carbonyl (C=O) groups excluding carboxylic acids is 2. The molecule has 4 rings (SSSR count). The molecule has 0 unspecified atom stereocenters. The van der Waals surface area contributed by atoms with E-state index in [9.17, 15) is 9.59 Å². The van der Waals surface area contributed by atoms with E-state index in [0.717, 1.165) is 31.2 Å². The summed E-state index contributed by atoms with van der Waals surface area (Å²) in [6, 6.07) is 8.97. The molecule has 3 fully saturated rings. The molecule has 5 atom stereocenters. The Kier molecular flexibility index (Phi) is 5.36. The predicted molar refractivity (Wildman–Crippen MR) is 106 cm³/mol. The summed E-state index contributed by atoms with van der Waals surface area (Å²) in [5, 5.41) is 0. The van der Waals surface area contributed by atoms with Crippen LogP contribution >= 0.6 is 0 Å². The summed E-state index contributed by atoms with van der Waals surface area (Å²) in [7, 11) is 0. The number of rotatable bonds is 2. The molecular weight excluding hydrogens is 352 g/mol. The zero-order valence-electron chi connectivity index (χ0n) is 16.2. The second kappa shape index (κ2) is 7.92. The van der Waals surface area contributed by atoms with Gasteiger partial charge in [-0.05, 0) is 31.2 Å². The molecule has 0 bridgehead atoms. The van der Waals surface area contributed by atoms with Gasteiger partial charge in [0.1, 0.15) is 6.04 Å². The fraction of sp³-hybridized carbons (Fsp3) is 0.591. The molecule has 2 amide bonds. The molecule has 3 aliphatic heterocycles. The first-order valence-electron chi connectivity index (χ1n) is 10.4. The molecule has 0 radical (unpaired) electrons. The normalized spacial score (nSPS) is 33.1. The fourth-order valence-corrected chi connectivity index (χ4v) is 5.14. The first kappa shape index (κ1) is 18.9. The van der Waals surface area contributed by atoms with Crippen molar-refractivity contribution in [2.75, 3.05) is 13.1 Å². The van der Waals surface area contributed by atoms with Gasteiger partial charge in [-0.25, -0.2) is 6.57 Å². The quantitative estimate of drug-likeness (QED) is 0.800. The highest BCUT2D eigenvalue weighted by atomic mass is 16.2. The Morgan fingerprint density at radius 1 is 1.07 bits per heavy atom. The largest absolute Gasteiger partial charge is 0.332 e. The molecule has 3 saturated heterocycles. The molecule has 28 heavy (non-hydrogen) atoms. The number of nitrogens with zero attached hydrogens (tertiary/aromatic N) is 3. The van der Waals surface area contributed by atoms with Crippen molar-refractivity contribution in [2.24, 2.45) is 5.73 Å². The Bertz CT molecular complexity index is 774. The third-order valence-corrected chi connectivity index (χ3v) is 6.66. The highest BCUT2D eigenvalue weighted by Gasteiger charge is 2.48. The molecule has 1 aromatic rings. The van der Waals surface area contributed by atoms with Gasteiger partial charge < -0.3 is 20.4 Å². The van der Waals surface area contributed by atoms with E-state index in [1.54, 1.807) is 4.90 Å². The van der Waals surface area contributed by atoms with Gasteiger partial charge in [0.25, 0.3) is 0 Å². The van der Waals surface area contributed by atoms with Crippen molar-refractivity contribution < 1.29 is 9.59 Å². The molecule has 2 N–H and O–H groups in total. The van der Waals surface area contributed by atoms with Crippen LogP contribution in [-0.4, -0.2) is 58.9 Å². The standard InChI is InChI=1S/C22H28N4O2/c1-24-19-14-25(13-17(19)15-7-3-2-4-8-15)22(28)20-12-11-16-9-5-6-10-18(23)21(27)26(16)20/h2-4,7-8,16-20H,5-6,9-14,23H2/t16-,17+,18-,19-,20-/m0/s1. The van der Waals surface area contributed by atoms with Crippen molar-refractivity contribution in [3.8, 4) is 0 Å². The Morgan fingerprint density at radius 3 is 2.57 bits per heavy atom. The van der Waals surface area contributed by atoms with Crippen LogP contribution in [0.4, 0.5) is 0 Å². The van der Waals surface area contributed by atoms with Gasteiger partial charge in [-0.1, -0.05) is 43.2 Å². The van der Waals surface area contributed by atoms with Gasteiger partial charge in [0, 0.05) is 12.6 Å². The summed E-state index contributed by atoms with van der Waals surface area (Å²) in [4.78, 5) is 33.7. The fourth-order valence-electron chi connectivity index (χ4n) is 5.14. The van der Waals surface area contributed by atoms with Gasteiger partial charge in [0.05, 0.1) is 18.5 Å². The van der Waals surface area contributed by atoms with Gasteiger partial charge in [-0.15, -0.1) is 0 Å². The number of hydrogen-bond acceptors (Lipinski definition) is 3. The Hall–Kier alpha value is -2.39. The lowest BCUT2D eigenvalue weighted by molar-refractivity contribution is -0.146. The van der Waals surface area contributed by atoms with Crippen LogP contribution in [0.5, 0.6) is 0 Å². The SMILES string of the molecule is [C-]#[N+][C@H]1CN(C(=O)[C@@H]2CC[C@@H]3CCCC[C@H](N)C(=O)N32)C[C@@H]1c1ccccc1. The summed E-state index contributed by atoms with van der Waals surface area (Å²) in [6.45, 7) is 8.57. The van der Waals surface area contributed by atoms with E-state index in [1.165, 1.54) is 0 Å². The zero-order valence-corrected chi connectivity index (χ0v) is 16.2. The van der Waals surface area contributed by atoms with Crippen LogP contribution in [0.2, 0.25) is 0 Å². The minimum atomic E-state index is -0.497. The van der Waals surface area contributed by atoms with Crippen LogP contribution < -0.4 is 5.73 Å². The molecule has 3 aliphatic rings. The van der Waals surface area contributed by atoms with Crippen molar-refractivity contribution in [3.05, 3.63) is 47.3 Å². The molecule has 6 heteroatoms. The average Bonchev–Trinajstić information content (AvgIpc) is 3.34. The predicted octanol–water partition coefficient (Wildman–Crippen LogP) is 2.16. The third-order valence-electron chi connectivity index (χ3n) is 6.66. The zero-order chi connectivity index (χ0) is 19.7. The topological polar surface area (TPSA) is 71.0 Å². The number of amides is 2. The second-order valence-electron chi connectivity index (χ2n) is 8.34. The molecule has 1 aromatic carbocycles. The number of carbonyl (C=O) groups is 2. The van der Waals surface area contributed by atoms with Crippen molar-refractivity contribution >= 4 is 11.8 Å². The van der Waals surface area contributed by atoms with E-state index >= 15 is 0 Å². The Morgan fingerprint density at radius 2 is 1.82 bits per heavy atom. The first-order valence-corrected chi connectivity index (χ1v) is 10.4. The Balaban J connectivity index is 1.53. The molecule has 0 aromatic heterocycles. The van der Waals surface area contributed by atoms with Crippen molar-refractivity contribution in [3.63, 3.8) is 0 Å². The van der Waals surface area contributed by atoms with Crippen molar-refractivity contribution in [1.82, 2.24) is 9.80 Å². The van der Waals surface area contributed by atoms with E-state index in [1.807, 2.05) is 35.2 Å². The minimum absolute atomic E-state index is 0.00398. The lowest BCUT2D eigenvalue weighted by atomic mass is 9.95. The van der Waals surface area contributed by atoms with E-state index in [4.69, 9.17) is 12.3 Å². The van der Waals surface area contributed by atoms with E-state index < -0.39 is 12.1 Å². The van der Waals surface area contributed by atoms with Crippen LogP contribution in [0.3, 0.4) is 0 Å². The summed E-state index contributed by atoms with van der Waals surface area (Å²) in [6.07, 6.45) is 5.27. The molecule has 148 valence electrons. The average molecular weight is 380 g/mol. The molecule has 6 nitrogen and oxygen atoms in total. The monoisotopic (exact) mass is 380 g/mol. The van der Waals surface area contributed by atoms with Crippen LogP contribution in [0.15, 0.2) is 30.3 Å². The number of fused-ring (bicyclic) bond motifs is 1. The highest BCUT2D eigenvalue weighted by molar-refractivity contribution is 5.91. The van der Waals surface area contributed by atoms with Gasteiger partial charge in [-0.2, -0.15) is 0 Å². The lowest BCUT2D eigenvalue weighted by Crippen LogP contribution is -2.55. The number of nitrogens with two attached hydrogens (primary N) is 1. The maximum absolute atomic E-state index is 13.4. The van der Waals surface area contributed by atoms with E-state index in [0.29, 0.717) is 25.9 Å².